The number of rotatable bonds is 5. The summed E-state index contributed by atoms with van der Waals surface area (Å²) < 4.78 is 31.1. The molecule has 2 aromatic rings. The Bertz CT molecular complexity index is 695. The van der Waals surface area contributed by atoms with Crippen molar-refractivity contribution in [1.82, 2.24) is 0 Å². The Balaban J connectivity index is 2.19. The van der Waals surface area contributed by atoms with Crippen LogP contribution in [0.25, 0.3) is 0 Å². The van der Waals surface area contributed by atoms with Gasteiger partial charge in [0, 0.05) is 12.7 Å². The van der Waals surface area contributed by atoms with Gasteiger partial charge in [0.05, 0.1) is 18.6 Å². The number of sulfonamides is 1. The summed E-state index contributed by atoms with van der Waals surface area (Å²) in [4.78, 5) is 0. The van der Waals surface area contributed by atoms with E-state index < -0.39 is 10.0 Å². The molecule has 0 unspecified atom stereocenters. The van der Waals surface area contributed by atoms with E-state index in [9.17, 15) is 8.42 Å². The molecule has 2 N–H and O–H groups in total. The van der Waals surface area contributed by atoms with Crippen LogP contribution in [-0.2, 0) is 15.8 Å². The Hall–Kier alpha value is -2.21. The third-order valence-electron chi connectivity index (χ3n) is 3.18. The average Bonchev–Trinajstić information content (AvgIpc) is 2.49. The summed E-state index contributed by atoms with van der Waals surface area (Å²) in [5.41, 5.74) is 7.50. The molecule has 0 heterocycles. The molecule has 0 aliphatic carbocycles. The molecule has 0 spiro atoms. The van der Waals surface area contributed by atoms with Crippen molar-refractivity contribution in [1.29, 1.82) is 0 Å². The van der Waals surface area contributed by atoms with Crippen LogP contribution in [0.1, 0.15) is 5.56 Å². The van der Waals surface area contributed by atoms with Crippen LogP contribution in [-0.4, -0.2) is 22.6 Å². The van der Waals surface area contributed by atoms with E-state index in [1.54, 1.807) is 55.6 Å². The summed E-state index contributed by atoms with van der Waals surface area (Å²) in [5, 5.41) is 0. The van der Waals surface area contributed by atoms with Crippen LogP contribution in [0.2, 0.25) is 0 Å². The Morgan fingerprint density at radius 2 is 1.62 bits per heavy atom. The SMILES string of the molecule is COc1ccc(N(C)S(=O)(=O)Cc2ccc(N)cc2)cc1. The minimum Gasteiger partial charge on any atom is -0.497 e. The molecule has 0 bridgehead atoms. The van der Waals surface area contributed by atoms with E-state index in [0.29, 0.717) is 22.7 Å². The second-order valence-corrected chi connectivity index (χ2v) is 6.66. The fourth-order valence-corrected chi connectivity index (χ4v) is 3.12. The molecule has 2 rings (SSSR count). The standard InChI is InChI=1S/C15H18N2O3S/c1-17(14-7-9-15(20-2)10-8-14)21(18,19)11-12-3-5-13(16)6-4-12/h3-10H,11,16H2,1-2H3. The third-order valence-corrected chi connectivity index (χ3v) is 4.93. The summed E-state index contributed by atoms with van der Waals surface area (Å²) in [6.07, 6.45) is 0. The molecule has 0 aliphatic heterocycles. The van der Waals surface area contributed by atoms with Gasteiger partial charge in [-0.2, -0.15) is 0 Å². The molecule has 0 fully saturated rings. The minimum atomic E-state index is -3.45. The maximum absolute atomic E-state index is 12.4. The van der Waals surface area contributed by atoms with Crippen molar-refractivity contribution in [2.75, 3.05) is 24.2 Å². The first-order valence-corrected chi connectivity index (χ1v) is 7.98. The lowest BCUT2D eigenvalue weighted by Gasteiger charge is -2.19. The molecule has 0 saturated carbocycles. The zero-order valence-electron chi connectivity index (χ0n) is 12.0. The van der Waals surface area contributed by atoms with E-state index in [1.807, 2.05) is 0 Å². The molecule has 0 radical (unpaired) electrons. The zero-order valence-corrected chi connectivity index (χ0v) is 12.8. The van der Waals surface area contributed by atoms with Gasteiger partial charge in [-0.15, -0.1) is 0 Å². The van der Waals surface area contributed by atoms with Gasteiger partial charge >= 0.3 is 0 Å². The first-order valence-electron chi connectivity index (χ1n) is 6.37. The summed E-state index contributed by atoms with van der Waals surface area (Å²) in [6, 6.07) is 13.7. The summed E-state index contributed by atoms with van der Waals surface area (Å²) in [6.45, 7) is 0. The van der Waals surface area contributed by atoms with Crippen LogP contribution in [0.4, 0.5) is 11.4 Å². The third kappa shape index (κ3) is 3.66. The van der Waals surface area contributed by atoms with Crippen molar-refractivity contribution in [3.63, 3.8) is 0 Å². The molecular formula is C15H18N2O3S. The van der Waals surface area contributed by atoms with Gasteiger partial charge in [0.25, 0.3) is 0 Å². The Morgan fingerprint density at radius 1 is 1.05 bits per heavy atom. The zero-order chi connectivity index (χ0) is 15.5. The average molecular weight is 306 g/mol. The number of hydrogen-bond acceptors (Lipinski definition) is 4. The van der Waals surface area contributed by atoms with Gasteiger partial charge in [0.2, 0.25) is 10.0 Å². The largest absolute Gasteiger partial charge is 0.497 e. The van der Waals surface area contributed by atoms with Crippen molar-refractivity contribution in [3.8, 4) is 5.75 Å². The normalized spacial score (nSPS) is 11.1. The number of anilines is 2. The molecular weight excluding hydrogens is 288 g/mol. The highest BCUT2D eigenvalue weighted by Crippen LogP contribution is 2.22. The highest BCUT2D eigenvalue weighted by atomic mass is 32.2. The fraction of sp³-hybridized carbons (Fsp3) is 0.200. The molecule has 5 nitrogen and oxygen atoms in total. The van der Waals surface area contributed by atoms with Crippen molar-refractivity contribution < 1.29 is 13.2 Å². The van der Waals surface area contributed by atoms with Crippen LogP contribution in [0, 0.1) is 0 Å². The second kappa shape index (κ2) is 6.05. The highest BCUT2D eigenvalue weighted by molar-refractivity contribution is 7.92. The van der Waals surface area contributed by atoms with Gasteiger partial charge in [0.15, 0.2) is 0 Å². The number of ether oxygens (including phenoxy) is 1. The van der Waals surface area contributed by atoms with Crippen molar-refractivity contribution in [2.24, 2.45) is 0 Å². The molecule has 6 heteroatoms. The van der Waals surface area contributed by atoms with Crippen LogP contribution in [0.15, 0.2) is 48.5 Å². The molecule has 2 aromatic carbocycles. The quantitative estimate of drug-likeness (QED) is 0.860. The molecule has 0 aromatic heterocycles. The monoisotopic (exact) mass is 306 g/mol. The number of nitrogens with zero attached hydrogens (tertiary/aromatic N) is 1. The summed E-state index contributed by atoms with van der Waals surface area (Å²) >= 11 is 0. The highest BCUT2D eigenvalue weighted by Gasteiger charge is 2.19. The van der Waals surface area contributed by atoms with Gasteiger partial charge < -0.3 is 10.5 Å². The van der Waals surface area contributed by atoms with Crippen LogP contribution in [0.3, 0.4) is 0 Å². The van der Waals surface area contributed by atoms with Gasteiger partial charge in [0.1, 0.15) is 5.75 Å². The number of nitrogen functional groups attached to an aromatic ring is 1. The Kier molecular flexibility index (Phi) is 4.37. The number of benzene rings is 2. The topological polar surface area (TPSA) is 72.6 Å². The lowest BCUT2D eigenvalue weighted by Crippen LogP contribution is -2.27. The Labute approximate surface area is 125 Å². The van der Waals surface area contributed by atoms with Crippen molar-refractivity contribution in [2.45, 2.75) is 5.75 Å². The van der Waals surface area contributed by atoms with Crippen molar-refractivity contribution in [3.05, 3.63) is 54.1 Å². The first-order chi connectivity index (χ1) is 9.92. The molecule has 0 amide bonds. The van der Waals surface area contributed by atoms with Gasteiger partial charge in [-0.1, -0.05) is 12.1 Å². The summed E-state index contributed by atoms with van der Waals surface area (Å²) in [7, 11) is -0.345. The fourth-order valence-electron chi connectivity index (χ4n) is 1.87. The molecule has 0 aliphatic rings. The van der Waals surface area contributed by atoms with E-state index in [2.05, 4.69) is 0 Å². The predicted octanol–water partition coefficient (Wildman–Crippen LogP) is 2.24. The van der Waals surface area contributed by atoms with Gasteiger partial charge in [-0.3, -0.25) is 4.31 Å². The second-order valence-electron chi connectivity index (χ2n) is 4.66. The van der Waals surface area contributed by atoms with Gasteiger partial charge in [-0.05, 0) is 42.0 Å². The lowest BCUT2D eigenvalue weighted by atomic mass is 10.2. The van der Waals surface area contributed by atoms with E-state index in [0.717, 1.165) is 0 Å². The van der Waals surface area contributed by atoms with Crippen LogP contribution < -0.4 is 14.8 Å². The molecule has 0 saturated heterocycles. The van der Waals surface area contributed by atoms with Crippen molar-refractivity contribution >= 4 is 21.4 Å². The number of hydrogen-bond donors (Lipinski definition) is 1. The molecule has 21 heavy (non-hydrogen) atoms. The van der Waals surface area contributed by atoms with Crippen LogP contribution >= 0.6 is 0 Å². The maximum Gasteiger partial charge on any atom is 0.239 e. The maximum atomic E-state index is 12.4. The number of nitrogens with two attached hydrogens (primary N) is 1. The van der Waals surface area contributed by atoms with E-state index in [4.69, 9.17) is 10.5 Å². The van der Waals surface area contributed by atoms with E-state index in [1.165, 1.54) is 11.4 Å². The van der Waals surface area contributed by atoms with Crippen LogP contribution in [0.5, 0.6) is 5.75 Å². The number of methoxy groups -OCH3 is 1. The molecule has 112 valence electrons. The first kappa shape index (κ1) is 15.2. The Morgan fingerprint density at radius 3 is 2.14 bits per heavy atom. The lowest BCUT2D eigenvalue weighted by molar-refractivity contribution is 0.415. The summed E-state index contributed by atoms with van der Waals surface area (Å²) in [5.74, 6) is 0.610. The van der Waals surface area contributed by atoms with Gasteiger partial charge in [-0.25, -0.2) is 8.42 Å². The minimum absolute atomic E-state index is 0.0736. The van der Waals surface area contributed by atoms with E-state index >= 15 is 0 Å². The smallest absolute Gasteiger partial charge is 0.239 e. The predicted molar refractivity (Wildman–Crippen MR) is 84.9 cm³/mol. The van der Waals surface area contributed by atoms with E-state index in [-0.39, 0.29) is 5.75 Å². The molecule has 0 atom stereocenters.